The highest BCUT2D eigenvalue weighted by Crippen LogP contribution is 2.29. The van der Waals surface area contributed by atoms with Gasteiger partial charge in [0.1, 0.15) is 6.61 Å². The summed E-state index contributed by atoms with van der Waals surface area (Å²) < 4.78 is 42.2. The SMILES string of the molecule is CCCCCCC(=O)NCCOC(=O)c1ccc(C(F)(F)F)cc1. The number of amides is 1. The zero-order chi connectivity index (χ0) is 18.0. The van der Waals surface area contributed by atoms with E-state index >= 15 is 0 Å². The molecule has 0 bridgehead atoms. The molecule has 0 atom stereocenters. The van der Waals surface area contributed by atoms with Gasteiger partial charge in [0.25, 0.3) is 0 Å². The van der Waals surface area contributed by atoms with Crippen molar-refractivity contribution in [2.45, 2.75) is 45.2 Å². The molecule has 24 heavy (non-hydrogen) atoms. The zero-order valence-electron chi connectivity index (χ0n) is 13.6. The Labute approximate surface area is 139 Å². The monoisotopic (exact) mass is 345 g/mol. The van der Waals surface area contributed by atoms with Gasteiger partial charge < -0.3 is 10.1 Å². The summed E-state index contributed by atoms with van der Waals surface area (Å²) in [4.78, 5) is 23.2. The number of ether oxygens (including phenoxy) is 1. The Balaban J connectivity index is 2.25. The van der Waals surface area contributed by atoms with Crippen LogP contribution < -0.4 is 5.32 Å². The van der Waals surface area contributed by atoms with E-state index in [1.807, 2.05) is 0 Å². The van der Waals surface area contributed by atoms with E-state index in [1.165, 1.54) is 0 Å². The van der Waals surface area contributed by atoms with Crippen LogP contribution in [0.15, 0.2) is 24.3 Å². The second-order valence-electron chi connectivity index (χ2n) is 5.37. The number of halogens is 3. The Morgan fingerprint density at radius 2 is 1.75 bits per heavy atom. The average molecular weight is 345 g/mol. The van der Waals surface area contributed by atoms with Crippen molar-refractivity contribution in [3.05, 3.63) is 35.4 Å². The Hall–Kier alpha value is -2.05. The van der Waals surface area contributed by atoms with Crippen LogP contribution in [-0.2, 0) is 15.7 Å². The van der Waals surface area contributed by atoms with E-state index in [-0.39, 0.29) is 24.6 Å². The fourth-order valence-electron chi connectivity index (χ4n) is 2.01. The van der Waals surface area contributed by atoms with E-state index in [2.05, 4.69) is 12.2 Å². The topological polar surface area (TPSA) is 55.4 Å². The summed E-state index contributed by atoms with van der Waals surface area (Å²) in [6, 6.07) is 3.79. The second kappa shape index (κ2) is 9.95. The van der Waals surface area contributed by atoms with Crippen LogP contribution in [0, 0.1) is 0 Å². The molecule has 4 nitrogen and oxygen atoms in total. The van der Waals surface area contributed by atoms with Crippen LogP contribution >= 0.6 is 0 Å². The maximum absolute atomic E-state index is 12.4. The van der Waals surface area contributed by atoms with Gasteiger partial charge in [0.05, 0.1) is 17.7 Å². The number of esters is 1. The fourth-order valence-corrected chi connectivity index (χ4v) is 2.01. The quantitative estimate of drug-likeness (QED) is 0.545. The van der Waals surface area contributed by atoms with Crippen LogP contribution in [0.3, 0.4) is 0 Å². The molecular weight excluding hydrogens is 323 g/mol. The summed E-state index contributed by atoms with van der Waals surface area (Å²) >= 11 is 0. The predicted molar refractivity (Wildman–Crippen MR) is 83.5 cm³/mol. The van der Waals surface area contributed by atoms with Gasteiger partial charge in [-0.25, -0.2) is 4.79 Å². The second-order valence-corrected chi connectivity index (χ2v) is 5.37. The summed E-state index contributed by atoms with van der Waals surface area (Å²) in [7, 11) is 0. The summed E-state index contributed by atoms with van der Waals surface area (Å²) in [6.45, 7) is 2.24. The molecule has 0 aliphatic carbocycles. The first-order chi connectivity index (χ1) is 11.3. The summed E-state index contributed by atoms with van der Waals surface area (Å²) in [6.07, 6.45) is 0.0219. The van der Waals surface area contributed by atoms with E-state index in [4.69, 9.17) is 4.74 Å². The van der Waals surface area contributed by atoms with E-state index in [0.717, 1.165) is 49.9 Å². The first kappa shape index (κ1) is 20.0. The molecule has 0 saturated heterocycles. The normalized spacial score (nSPS) is 11.2. The van der Waals surface area contributed by atoms with Gasteiger partial charge in [-0.1, -0.05) is 26.2 Å². The molecule has 0 heterocycles. The molecule has 134 valence electrons. The molecule has 1 aromatic rings. The Bertz CT molecular complexity index is 527. The van der Waals surface area contributed by atoms with Crippen LogP contribution in [0.5, 0.6) is 0 Å². The summed E-state index contributed by atoms with van der Waals surface area (Å²) in [5, 5.41) is 2.63. The molecule has 0 saturated carbocycles. The molecule has 1 amide bonds. The van der Waals surface area contributed by atoms with Crippen molar-refractivity contribution in [3.63, 3.8) is 0 Å². The van der Waals surface area contributed by atoms with Gasteiger partial charge in [-0.05, 0) is 30.7 Å². The van der Waals surface area contributed by atoms with Gasteiger partial charge in [-0.15, -0.1) is 0 Å². The average Bonchev–Trinajstić information content (AvgIpc) is 2.55. The van der Waals surface area contributed by atoms with Crippen molar-refractivity contribution in [2.75, 3.05) is 13.2 Å². The van der Waals surface area contributed by atoms with Gasteiger partial charge >= 0.3 is 12.1 Å². The third kappa shape index (κ3) is 7.48. The van der Waals surface area contributed by atoms with Gasteiger partial charge in [-0.2, -0.15) is 13.2 Å². The third-order valence-electron chi connectivity index (χ3n) is 3.36. The minimum atomic E-state index is -4.44. The molecule has 0 fully saturated rings. The molecule has 1 N–H and O–H groups in total. The molecule has 1 aromatic carbocycles. The van der Waals surface area contributed by atoms with E-state index in [9.17, 15) is 22.8 Å². The minimum Gasteiger partial charge on any atom is -0.460 e. The number of rotatable bonds is 9. The lowest BCUT2D eigenvalue weighted by Crippen LogP contribution is -2.27. The third-order valence-corrected chi connectivity index (χ3v) is 3.36. The number of carbonyl (C=O) groups excluding carboxylic acids is 2. The molecule has 0 unspecified atom stereocenters. The van der Waals surface area contributed by atoms with Crippen LogP contribution in [-0.4, -0.2) is 25.0 Å². The smallest absolute Gasteiger partial charge is 0.416 e. The predicted octanol–water partition coefficient (Wildman–Crippen LogP) is 3.95. The van der Waals surface area contributed by atoms with Crippen molar-refractivity contribution in [1.82, 2.24) is 5.32 Å². The number of benzene rings is 1. The van der Waals surface area contributed by atoms with Crippen molar-refractivity contribution in [3.8, 4) is 0 Å². The molecule has 1 rings (SSSR count). The lowest BCUT2D eigenvalue weighted by atomic mass is 10.1. The fraction of sp³-hybridized carbons (Fsp3) is 0.529. The number of unbranched alkanes of at least 4 members (excludes halogenated alkanes) is 3. The number of hydrogen-bond acceptors (Lipinski definition) is 3. The minimum absolute atomic E-state index is 0.0272. The zero-order valence-corrected chi connectivity index (χ0v) is 13.6. The van der Waals surface area contributed by atoms with Crippen molar-refractivity contribution < 1.29 is 27.5 Å². The van der Waals surface area contributed by atoms with Crippen LogP contribution in [0.4, 0.5) is 13.2 Å². The number of nitrogens with one attached hydrogen (secondary N) is 1. The van der Waals surface area contributed by atoms with Gasteiger partial charge in [0, 0.05) is 6.42 Å². The molecule has 0 aliphatic heterocycles. The molecule has 0 aromatic heterocycles. The molecule has 0 aliphatic rings. The van der Waals surface area contributed by atoms with Crippen molar-refractivity contribution >= 4 is 11.9 Å². The Morgan fingerprint density at radius 1 is 1.08 bits per heavy atom. The summed E-state index contributed by atoms with van der Waals surface area (Å²) in [5.74, 6) is -0.822. The highest BCUT2D eigenvalue weighted by molar-refractivity contribution is 5.89. The van der Waals surface area contributed by atoms with Crippen LogP contribution in [0.1, 0.15) is 54.9 Å². The molecule has 0 radical (unpaired) electrons. The maximum atomic E-state index is 12.4. The van der Waals surface area contributed by atoms with E-state index in [0.29, 0.717) is 6.42 Å². The lowest BCUT2D eigenvalue weighted by Gasteiger charge is -2.08. The lowest BCUT2D eigenvalue weighted by molar-refractivity contribution is -0.137. The highest BCUT2D eigenvalue weighted by Gasteiger charge is 2.30. The highest BCUT2D eigenvalue weighted by atomic mass is 19.4. The number of alkyl halides is 3. The molecule has 0 spiro atoms. The largest absolute Gasteiger partial charge is 0.460 e. The van der Waals surface area contributed by atoms with Crippen molar-refractivity contribution in [1.29, 1.82) is 0 Å². The van der Waals surface area contributed by atoms with Gasteiger partial charge in [0.15, 0.2) is 0 Å². The first-order valence-electron chi connectivity index (χ1n) is 7.95. The Kier molecular flexibility index (Phi) is 8.29. The standard InChI is InChI=1S/C17H22F3NO3/c1-2-3-4-5-6-15(22)21-11-12-24-16(23)13-7-9-14(10-8-13)17(18,19)20/h7-10H,2-6,11-12H2,1H3,(H,21,22). The molecule has 7 heteroatoms. The van der Waals surface area contributed by atoms with Crippen molar-refractivity contribution in [2.24, 2.45) is 0 Å². The first-order valence-corrected chi connectivity index (χ1v) is 7.95. The number of hydrogen-bond donors (Lipinski definition) is 1. The van der Waals surface area contributed by atoms with Gasteiger partial charge in [-0.3, -0.25) is 4.79 Å². The van der Waals surface area contributed by atoms with Crippen LogP contribution in [0.25, 0.3) is 0 Å². The summed E-state index contributed by atoms with van der Waals surface area (Å²) in [5.41, 5.74) is -0.789. The van der Waals surface area contributed by atoms with Crippen LogP contribution in [0.2, 0.25) is 0 Å². The van der Waals surface area contributed by atoms with E-state index in [1.54, 1.807) is 0 Å². The van der Waals surface area contributed by atoms with E-state index < -0.39 is 17.7 Å². The van der Waals surface area contributed by atoms with Gasteiger partial charge in [0.2, 0.25) is 5.91 Å². The maximum Gasteiger partial charge on any atom is 0.416 e. The molecular formula is C17H22F3NO3. The number of carbonyl (C=O) groups is 2. The Morgan fingerprint density at radius 3 is 2.33 bits per heavy atom.